The Morgan fingerprint density at radius 2 is 2.00 bits per heavy atom. The van der Waals surface area contributed by atoms with E-state index in [1.165, 1.54) is 12.1 Å². The van der Waals surface area contributed by atoms with Gasteiger partial charge in [-0.3, -0.25) is 4.79 Å². The van der Waals surface area contributed by atoms with E-state index in [0.717, 1.165) is 49.4 Å². The average Bonchev–Trinajstić information content (AvgIpc) is 3.06. The van der Waals surface area contributed by atoms with Crippen molar-refractivity contribution in [3.8, 4) is 0 Å². The summed E-state index contributed by atoms with van der Waals surface area (Å²) in [5.74, 6) is 0.00863. The highest BCUT2D eigenvalue weighted by atomic mass is 19.1. The SMILES string of the molecule is CN1CCN(c2ccc(NC(=O)C3CCc4cc(F)ccc43)nc2)CC1. The smallest absolute Gasteiger partial charge is 0.233 e. The lowest BCUT2D eigenvalue weighted by Crippen LogP contribution is -2.44. The number of hydrogen-bond donors (Lipinski definition) is 1. The molecule has 1 aromatic carbocycles. The van der Waals surface area contributed by atoms with Crippen LogP contribution in [0.4, 0.5) is 15.9 Å². The van der Waals surface area contributed by atoms with Crippen LogP contribution in [0.2, 0.25) is 0 Å². The van der Waals surface area contributed by atoms with Gasteiger partial charge in [0.2, 0.25) is 5.91 Å². The molecule has 0 spiro atoms. The van der Waals surface area contributed by atoms with Crippen LogP contribution in [-0.2, 0) is 11.2 Å². The second kappa shape index (κ2) is 7.03. The summed E-state index contributed by atoms with van der Waals surface area (Å²) in [6, 6.07) is 8.54. The Hall–Kier alpha value is -2.47. The molecule has 1 amide bonds. The number of nitrogens with zero attached hydrogens (tertiary/aromatic N) is 3. The molecule has 0 saturated carbocycles. The molecule has 1 saturated heterocycles. The van der Waals surface area contributed by atoms with Gasteiger partial charge >= 0.3 is 0 Å². The van der Waals surface area contributed by atoms with E-state index in [9.17, 15) is 9.18 Å². The fourth-order valence-corrected chi connectivity index (χ4v) is 3.78. The lowest BCUT2D eigenvalue weighted by Gasteiger charge is -2.33. The van der Waals surface area contributed by atoms with Crippen LogP contribution in [0.5, 0.6) is 0 Å². The quantitative estimate of drug-likeness (QED) is 0.921. The number of nitrogens with one attached hydrogen (secondary N) is 1. The summed E-state index contributed by atoms with van der Waals surface area (Å²) < 4.78 is 13.3. The van der Waals surface area contributed by atoms with E-state index in [0.29, 0.717) is 12.2 Å². The molecule has 0 radical (unpaired) electrons. The number of halogens is 1. The summed E-state index contributed by atoms with van der Waals surface area (Å²) in [7, 11) is 2.13. The Morgan fingerprint density at radius 1 is 1.19 bits per heavy atom. The van der Waals surface area contributed by atoms with Gasteiger partial charge in [0.1, 0.15) is 11.6 Å². The third-order valence-electron chi connectivity index (χ3n) is 5.37. The minimum atomic E-state index is -0.244. The third-order valence-corrected chi connectivity index (χ3v) is 5.37. The van der Waals surface area contributed by atoms with E-state index >= 15 is 0 Å². The van der Waals surface area contributed by atoms with Crippen molar-refractivity contribution in [1.82, 2.24) is 9.88 Å². The van der Waals surface area contributed by atoms with Crippen LogP contribution >= 0.6 is 0 Å². The molecular formula is C20H23FN4O. The Balaban J connectivity index is 1.41. The van der Waals surface area contributed by atoms with E-state index in [-0.39, 0.29) is 17.6 Å². The van der Waals surface area contributed by atoms with Crippen molar-refractivity contribution < 1.29 is 9.18 Å². The monoisotopic (exact) mass is 354 g/mol. The van der Waals surface area contributed by atoms with E-state index in [1.807, 2.05) is 18.3 Å². The second-order valence-electron chi connectivity index (χ2n) is 7.12. The average molecular weight is 354 g/mol. The van der Waals surface area contributed by atoms with Crippen LogP contribution in [-0.4, -0.2) is 49.0 Å². The Bertz CT molecular complexity index is 800. The summed E-state index contributed by atoms with van der Waals surface area (Å²) in [6.07, 6.45) is 3.27. The second-order valence-corrected chi connectivity index (χ2v) is 7.12. The van der Waals surface area contributed by atoms with Gasteiger partial charge < -0.3 is 15.1 Å². The van der Waals surface area contributed by atoms with Gasteiger partial charge in [0.15, 0.2) is 0 Å². The van der Waals surface area contributed by atoms with E-state index in [4.69, 9.17) is 0 Å². The number of aromatic nitrogens is 1. The third kappa shape index (κ3) is 3.42. The number of carbonyl (C=O) groups excluding carboxylic acids is 1. The van der Waals surface area contributed by atoms with Crippen LogP contribution < -0.4 is 10.2 Å². The van der Waals surface area contributed by atoms with Crippen molar-refractivity contribution in [2.24, 2.45) is 0 Å². The number of pyridine rings is 1. The number of rotatable bonds is 3. The molecule has 2 aliphatic rings. The number of aryl methyl sites for hydroxylation is 1. The van der Waals surface area contributed by atoms with Gasteiger partial charge in [-0.25, -0.2) is 9.37 Å². The molecule has 1 atom stereocenters. The van der Waals surface area contributed by atoms with E-state index < -0.39 is 0 Å². The van der Waals surface area contributed by atoms with E-state index in [1.54, 1.807) is 6.07 Å². The van der Waals surface area contributed by atoms with Crippen LogP contribution in [0, 0.1) is 5.82 Å². The molecule has 5 nitrogen and oxygen atoms in total. The van der Waals surface area contributed by atoms with Crippen LogP contribution in [0.3, 0.4) is 0 Å². The number of piperazine rings is 1. The first-order valence-electron chi connectivity index (χ1n) is 9.09. The number of fused-ring (bicyclic) bond motifs is 1. The van der Waals surface area contributed by atoms with Crippen molar-refractivity contribution in [1.29, 1.82) is 0 Å². The summed E-state index contributed by atoms with van der Waals surface area (Å²) in [5.41, 5.74) is 2.94. The topological polar surface area (TPSA) is 48.5 Å². The van der Waals surface area contributed by atoms with Crippen molar-refractivity contribution in [2.75, 3.05) is 43.4 Å². The molecule has 6 heteroatoms. The van der Waals surface area contributed by atoms with Gasteiger partial charge in [-0.1, -0.05) is 6.07 Å². The first-order chi connectivity index (χ1) is 12.6. The maximum absolute atomic E-state index is 13.3. The fraction of sp³-hybridized carbons (Fsp3) is 0.400. The molecular weight excluding hydrogens is 331 g/mol. The molecule has 1 fully saturated rings. The van der Waals surface area contributed by atoms with Crippen LogP contribution in [0.1, 0.15) is 23.5 Å². The molecule has 1 aromatic heterocycles. The molecule has 1 N–H and O–H groups in total. The molecule has 2 aromatic rings. The number of carbonyl (C=O) groups is 1. The predicted molar refractivity (Wildman–Crippen MR) is 100 cm³/mol. The normalized spacial score (nSPS) is 20.1. The summed E-state index contributed by atoms with van der Waals surface area (Å²) in [5, 5.41) is 2.91. The zero-order chi connectivity index (χ0) is 18.1. The largest absolute Gasteiger partial charge is 0.368 e. The zero-order valence-corrected chi connectivity index (χ0v) is 14.9. The fourth-order valence-electron chi connectivity index (χ4n) is 3.78. The van der Waals surface area contributed by atoms with Gasteiger partial charge in [-0.15, -0.1) is 0 Å². The predicted octanol–water partition coefficient (Wildman–Crippen LogP) is 2.64. The van der Waals surface area contributed by atoms with Gasteiger partial charge in [0, 0.05) is 26.2 Å². The highest BCUT2D eigenvalue weighted by Gasteiger charge is 2.29. The zero-order valence-electron chi connectivity index (χ0n) is 14.9. The lowest BCUT2D eigenvalue weighted by molar-refractivity contribution is -0.117. The Labute approximate surface area is 152 Å². The molecule has 1 unspecified atom stereocenters. The highest BCUT2D eigenvalue weighted by molar-refractivity contribution is 5.96. The molecule has 0 bridgehead atoms. The minimum Gasteiger partial charge on any atom is -0.368 e. The van der Waals surface area contributed by atoms with E-state index in [2.05, 4.69) is 27.1 Å². The molecule has 2 heterocycles. The molecule has 136 valence electrons. The number of benzene rings is 1. The van der Waals surface area contributed by atoms with Gasteiger partial charge in [-0.05, 0) is 55.3 Å². The van der Waals surface area contributed by atoms with Crippen LogP contribution in [0.15, 0.2) is 36.5 Å². The molecule has 1 aliphatic carbocycles. The maximum Gasteiger partial charge on any atom is 0.233 e. The van der Waals surface area contributed by atoms with Gasteiger partial charge in [0.05, 0.1) is 17.8 Å². The van der Waals surface area contributed by atoms with Crippen molar-refractivity contribution in [3.05, 3.63) is 53.5 Å². The lowest BCUT2D eigenvalue weighted by atomic mass is 10.0. The Morgan fingerprint density at radius 3 is 2.73 bits per heavy atom. The van der Waals surface area contributed by atoms with Crippen molar-refractivity contribution in [3.63, 3.8) is 0 Å². The molecule has 26 heavy (non-hydrogen) atoms. The van der Waals surface area contributed by atoms with Crippen LogP contribution in [0.25, 0.3) is 0 Å². The van der Waals surface area contributed by atoms with Gasteiger partial charge in [-0.2, -0.15) is 0 Å². The maximum atomic E-state index is 13.3. The van der Waals surface area contributed by atoms with Crippen molar-refractivity contribution in [2.45, 2.75) is 18.8 Å². The minimum absolute atomic E-state index is 0.0739. The molecule has 1 aliphatic heterocycles. The first-order valence-corrected chi connectivity index (χ1v) is 9.09. The first kappa shape index (κ1) is 17.0. The summed E-state index contributed by atoms with van der Waals surface area (Å²) in [6.45, 7) is 4.05. The number of amides is 1. The number of hydrogen-bond acceptors (Lipinski definition) is 4. The van der Waals surface area contributed by atoms with Gasteiger partial charge in [0.25, 0.3) is 0 Å². The van der Waals surface area contributed by atoms with Crippen molar-refractivity contribution >= 4 is 17.4 Å². The highest BCUT2D eigenvalue weighted by Crippen LogP contribution is 2.34. The standard InChI is InChI=1S/C20H23FN4O/c1-24-8-10-25(11-9-24)16-4-7-19(22-13-16)23-20(26)18-5-2-14-12-15(21)3-6-17(14)18/h3-4,6-7,12-13,18H,2,5,8-11H2,1H3,(H,22,23,26). The number of likely N-dealkylation sites (N-methyl/N-ethyl adjacent to an activating group) is 1. The summed E-state index contributed by atoms with van der Waals surface area (Å²) in [4.78, 5) is 21.6. The molecule has 4 rings (SSSR count). The number of anilines is 2. The summed E-state index contributed by atoms with van der Waals surface area (Å²) >= 11 is 0. The Kier molecular flexibility index (Phi) is 4.59.